The van der Waals surface area contributed by atoms with Gasteiger partial charge in [0.1, 0.15) is 0 Å². The smallest absolute Gasteiger partial charge is 0.150 e. The zero-order chi connectivity index (χ0) is 11.6. The van der Waals surface area contributed by atoms with Crippen LogP contribution in [-0.2, 0) is 14.6 Å². The summed E-state index contributed by atoms with van der Waals surface area (Å²) in [5, 5.41) is 0. The van der Waals surface area contributed by atoms with Crippen molar-refractivity contribution in [1.29, 1.82) is 0 Å². The Labute approximate surface area is 96.6 Å². The van der Waals surface area contributed by atoms with Gasteiger partial charge in [0.25, 0.3) is 0 Å². The number of nitrogens with one attached hydrogen (secondary N) is 1. The van der Waals surface area contributed by atoms with E-state index in [1.165, 1.54) is 0 Å². The van der Waals surface area contributed by atoms with Crippen LogP contribution >= 0.6 is 0 Å². The third kappa shape index (κ3) is 2.74. The van der Waals surface area contributed by atoms with Gasteiger partial charge in [-0.1, -0.05) is 0 Å². The fraction of sp³-hybridized carbons (Fsp3) is 1.00. The molecule has 0 aromatic carbocycles. The van der Waals surface area contributed by atoms with Gasteiger partial charge in [-0.15, -0.1) is 0 Å². The molecule has 2 atom stereocenters. The SMILES string of the molecule is NNC(C1CCOCC1)C1CCS(=O)(=O)C1. The van der Waals surface area contributed by atoms with Crippen LogP contribution < -0.4 is 11.3 Å². The molecule has 0 bridgehead atoms. The first kappa shape index (κ1) is 12.3. The van der Waals surface area contributed by atoms with Gasteiger partial charge in [-0.3, -0.25) is 11.3 Å². The van der Waals surface area contributed by atoms with Crippen molar-refractivity contribution in [2.75, 3.05) is 24.7 Å². The van der Waals surface area contributed by atoms with E-state index in [1.807, 2.05) is 0 Å². The quantitative estimate of drug-likeness (QED) is 0.528. The molecule has 2 saturated heterocycles. The Hall–Kier alpha value is -0.170. The van der Waals surface area contributed by atoms with Gasteiger partial charge >= 0.3 is 0 Å². The van der Waals surface area contributed by atoms with Gasteiger partial charge in [-0.05, 0) is 31.1 Å². The summed E-state index contributed by atoms with van der Waals surface area (Å²) in [7, 11) is -2.82. The van der Waals surface area contributed by atoms with Crippen molar-refractivity contribution in [2.45, 2.75) is 25.3 Å². The number of rotatable bonds is 3. The number of hydrazine groups is 1. The molecule has 2 rings (SSSR count). The fourth-order valence-electron chi connectivity index (χ4n) is 2.84. The highest BCUT2D eigenvalue weighted by atomic mass is 32.2. The predicted molar refractivity (Wildman–Crippen MR) is 61.4 cm³/mol. The Kier molecular flexibility index (Phi) is 3.84. The zero-order valence-electron chi connectivity index (χ0n) is 9.39. The van der Waals surface area contributed by atoms with Gasteiger partial charge in [0.2, 0.25) is 0 Å². The van der Waals surface area contributed by atoms with E-state index in [0.29, 0.717) is 17.4 Å². The van der Waals surface area contributed by atoms with Crippen LogP contribution in [-0.4, -0.2) is 39.2 Å². The summed E-state index contributed by atoms with van der Waals surface area (Å²) in [5.41, 5.74) is 2.83. The van der Waals surface area contributed by atoms with Crippen molar-refractivity contribution >= 4 is 9.84 Å². The average Bonchev–Trinajstić information content (AvgIpc) is 2.62. The first-order chi connectivity index (χ1) is 7.62. The molecule has 2 aliphatic rings. The molecule has 0 aromatic rings. The van der Waals surface area contributed by atoms with E-state index in [4.69, 9.17) is 10.6 Å². The van der Waals surface area contributed by atoms with E-state index in [0.717, 1.165) is 32.5 Å². The molecule has 0 aromatic heterocycles. The van der Waals surface area contributed by atoms with Crippen molar-refractivity contribution in [3.05, 3.63) is 0 Å². The summed E-state index contributed by atoms with van der Waals surface area (Å²) in [5.74, 6) is 6.83. The predicted octanol–water partition coefficient (Wildman–Crippen LogP) is -0.320. The second-order valence-corrected chi connectivity index (χ2v) is 7.03. The molecule has 2 fully saturated rings. The Morgan fingerprint density at radius 1 is 1.19 bits per heavy atom. The van der Waals surface area contributed by atoms with Crippen LogP contribution in [0.1, 0.15) is 19.3 Å². The van der Waals surface area contributed by atoms with E-state index in [2.05, 4.69) is 5.43 Å². The van der Waals surface area contributed by atoms with Gasteiger partial charge in [0.05, 0.1) is 11.5 Å². The van der Waals surface area contributed by atoms with E-state index in [9.17, 15) is 8.42 Å². The molecule has 2 unspecified atom stereocenters. The topological polar surface area (TPSA) is 81.4 Å². The summed E-state index contributed by atoms with van der Waals surface area (Å²) in [6, 6.07) is 0.126. The third-order valence-electron chi connectivity index (χ3n) is 3.74. The summed E-state index contributed by atoms with van der Waals surface area (Å²) in [6.07, 6.45) is 2.70. The molecule has 2 aliphatic heterocycles. The zero-order valence-corrected chi connectivity index (χ0v) is 10.2. The number of hydrogen-bond acceptors (Lipinski definition) is 5. The highest BCUT2D eigenvalue weighted by molar-refractivity contribution is 7.91. The van der Waals surface area contributed by atoms with Crippen LogP contribution in [0.5, 0.6) is 0 Å². The van der Waals surface area contributed by atoms with Gasteiger partial charge in [0.15, 0.2) is 9.84 Å². The summed E-state index contributed by atoms with van der Waals surface area (Å²) in [4.78, 5) is 0. The molecule has 0 radical (unpaired) electrons. The molecule has 6 heteroatoms. The van der Waals surface area contributed by atoms with Crippen molar-refractivity contribution in [3.8, 4) is 0 Å². The molecular weight excluding hydrogens is 228 g/mol. The van der Waals surface area contributed by atoms with Gasteiger partial charge < -0.3 is 4.74 Å². The van der Waals surface area contributed by atoms with Gasteiger partial charge in [0, 0.05) is 19.3 Å². The molecule has 0 saturated carbocycles. The minimum absolute atomic E-state index is 0.126. The maximum Gasteiger partial charge on any atom is 0.150 e. The van der Waals surface area contributed by atoms with E-state index in [-0.39, 0.29) is 12.0 Å². The molecule has 0 aliphatic carbocycles. The average molecular weight is 248 g/mol. The Bertz CT molecular complexity index is 325. The molecular formula is C10H20N2O3S. The van der Waals surface area contributed by atoms with Gasteiger partial charge in [-0.25, -0.2) is 8.42 Å². The normalized spacial score (nSPS) is 32.7. The minimum atomic E-state index is -2.82. The monoisotopic (exact) mass is 248 g/mol. The van der Waals surface area contributed by atoms with Crippen LogP contribution in [0.3, 0.4) is 0 Å². The number of hydrogen-bond donors (Lipinski definition) is 2. The molecule has 0 spiro atoms. The number of ether oxygens (including phenoxy) is 1. The third-order valence-corrected chi connectivity index (χ3v) is 5.54. The lowest BCUT2D eigenvalue weighted by atomic mass is 9.83. The van der Waals surface area contributed by atoms with Crippen LogP contribution in [0.4, 0.5) is 0 Å². The minimum Gasteiger partial charge on any atom is -0.381 e. The first-order valence-electron chi connectivity index (χ1n) is 5.87. The molecule has 94 valence electrons. The lowest BCUT2D eigenvalue weighted by molar-refractivity contribution is 0.0463. The summed E-state index contributed by atoms with van der Waals surface area (Å²) in [6.45, 7) is 1.53. The maximum atomic E-state index is 11.5. The number of sulfone groups is 1. The second kappa shape index (κ2) is 5.00. The van der Waals surface area contributed by atoms with Crippen LogP contribution in [0.15, 0.2) is 0 Å². The molecule has 2 heterocycles. The summed E-state index contributed by atoms with van der Waals surface area (Å²) >= 11 is 0. The lowest BCUT2D eigenvalue weighted by Crippen LogP contribution is -2.48. The van der Waals surface area contributed by atoms with E-state index >= 15 is 0 Å². The van der Waals surface area contributed by atoms with Crippen molar-refractivity contribution in [2.24, 2.45) is 17.7 Å². The van der Waals surface area contributed by atoms with E-state index < -0.39 is 9.84 Å². The van der Waals surface area contributed by atoms with Crippen molar-refractivity contribution < 1.29 is 13.2 Å². The Balaban J connectivity index is 1.99. The second-order valence-electron chi connectivity index (χ2n) is 4.81. The molecule has 0 amide bonds. The Morgan fingerprint density at radius 2 is 1.88 bits per heavy atom. The van der Waals surface area contributed by atoms with Crippen molar-refractivity contribution in [1.82, 2.24) is 5.43 Å². The number of nitrogens with two attached hydrogens (primary N) is 1. The van der Waals surface area contributed by atoms with Crippen LogP contribution in [0.25, 0.3) is 0 Å². The van der Waals surface area contributed by atoms with Crippen LogP contribution in [0, 0.1) is 11.8 Å². The fourth-order valence-corrected chi connectivity index (χ4v) is 4.69. The molecule has 3 N–H and O–H groups in total. The standard InChI is InChI=1S/C10H20N2O3S/c11-12-10(8-1-4-15-5-2-8)9-3-6-16(13,14)7-9/h8-10,12H,1-7,11H2. The highest BCUT2D eigenvalue weighted by Crippen LogP contribution is 2.29. The molecule has 5 nitrogen and oxygen atoms in total. The van der Waals surface area contributed by atoms with E-state index in [1.54, 1.807) is 0 Å². The lowest BCUT2D eigenvalue weighted by Gasteiger charge is -2.33. The summed E-state index contributed by atoms with van der Waals surface area (Å²) < 4.78 is 28.2. The largest absolute Gasteiger partial charge is 0.381 e. The highest BCUT2D eigenvalue weighted by Gasteiger charge is 2.37. The van der Waals surface area contributed by atoms with Crippen LogP contribution in [0.2, 0.25) is 0 Å². The Morgan fingerprint density at radius 3 is 2.38 bits per heavy atom. The maximum absolute atomic E-state index is 11.5. The first-order valence-corrected chi connectivity index (χ1v) is 7.69. The molecule has 16 heavy (non-hydrogen) atoms. The van der Waals surface area contributed by atoms with Gasteiger partial charge in [-0.2, -0.15) is 0 Å². The van der Waals surface area contributed by atoms with Crippen molar-refractivity contribution in [3.63, 3.8) is 0 Å².